The number of amides is 2. The van der Waals surface area contributed by atoms with Crippen molar-refractivity contribution in [2.45, 2.75) is 20.3 Å². The highest BCUT2D eigenvalue weighted by Crippen LogP contribution is 2.25. The summed E-state index contributed by atoms with van der Waals surface area (Å²) in [6.07, 6.45) is 0.591. The van der Waals surface area contributed by atoms with E-state index < -0.39 is 0 Å². The molecule has 132 valence electrons. The summed E-state index contributed by atoms with van der Waals surface area (Å²) in [5.41, 5.74) is 2.09. The van der Waals surface area contributed by atoms with E-state index in [4.69, 9.17) is 23.2 Å². The highest BCUT2D eigenvalue weighted by molar-refractivity contribution is 6.42. The van der Waals surface area contributed by atoms with Crippen LogP contribution < -0.4 is 10.6 Å². The molecule has 4 nitrogen and oxygen atoms in total. The maximum atomic E-state index is 12.2. The molecule has 0 bridgehead atoms. The molecule has 2 N–H and O–H groups in total. The molecule has 0 saturated carbocycles. The number of hydrogen-bond donors (Lipinski definition) is 2. The number of halogens is 2. The Bertz CT molecular complexity index is 759. The fourth-order valence-electron chi connectivity index (χ4n) is 2.15. The molecule has 2 amide bonds. The molecule has 2 aromatic rings. The number of benzene rings is 2. The predicted octanol–water partition coefficient (Wildman–Crippen LogP) is 4.56. The van der Waals surface area contributed by atoms with Crippen molar-refractivity contribution in [3.8, 4) is 0 Å². The first kappa shape index (κ1) is 19.3. The van der Waals surface area contributed by atoms with Gasteiger partial charge >= 0.3 is 0 Å². The summed E-state index contributed by atoms with van der Waals surface area (Å²) < 4.78 is 0. The molecule has 0 aliphatic carbocycles. The Labute approximate surface area is 157 Å². The highest BCUT2D eigenvalue weighted by Gasteiger charge is 2.09. The van der Waals surface area contributed by atoms with E-state index in [1.807, 2.05) is 26.0 Å². The Hall–Kier alpha value is -2.04. The van der Waals surface area contributed by atoms with Crippen LogP contribution in [0.15, 0.2) is 42.5 Å². The molecular formula is C19H20Cl2N2O2. The van der Waals surface area contributed by atoms with E-state index in [0.29, 0.717) is 34.3 Å². The number of hydrogen-bond acceptors (Lipinski definition) is 2. The summed E-state index contributed by atoms with van der Waals surface area (Å²) in [5.74, 6) is -0.336. The SMILES string of the molecule is CC(C)C(=O)Nc1ccc(C(=O)NCCc2cccc(Cl)c2Cl)cc1. The first-order valence-corrected chi connectivity index (χ1v) is 8.76. The van der Waals surface area contributed by atoms with Gasteiger partial charge in [0.25, 0.3) is 5.91 Å². The number of carbonyl (C=O) groups excluding carboxylic acids is 2. The number of anilines is 1. The summed E-state index contributed by atoms with van der Waals surface area (Å²) in [5, 5.41) is 6.65. The van der Waals surface area contributed by atoms with Gasteiger partial charge in [0.15, 0.2) is 0 Å². The fraction of sp³-hybridized carbons (Fsp3) is 0.263. The Kier molecular flexibility index (Phi) is 6.85. The second-order valence-corrected chi connectivity index (χ2v) is 6.73. The van der Waals surface area contributed by atoms with Crippen molar-refractivity contribution in [2.75, 3.05) is 11.9 Å². The second-order valence-electron chi connectivity index (χ2n) is 5.94. The lowest BCUT2D eigenvalue weighted by molar-refractivity contribution is -0.118. The molecule has 0 aromatic heterocycles. The van der Waals surface area contributed by atoms with Gasteiger partial charge in [0.05, 0.1) is 10.0 Å². The number of rotatable bonds is 6. The monoisotopic (exact) mass is 378 g/mol. The number of carbonyl (C=O) groups is 2. The summed E-state index contributed by atoms with van der Waals surface area (Å²) >= 11 is 12.1. The lowest BCUT2D eigenvalue weighted by Crippen LogP contribution is -2.25. The van der Waals surface area contributed by atoms with Crippen LogP contribution in [0.25, 0.3) is 0 Å². The van der Waals surface area contributed by atoms with Gasteiger partial charge in [-0.25, -0.2) is 0 Å². The lowest BCUT2D eigenvalue weighted by Gasteiger charge is -2.09. The zero-order valence-electron chi connectivity index (χ0n) is 14.1. The van der Waals surface area contributed by atoms with Crippen LogP contribution >= 0.6 is 23.2 Å². The van der Waals surface area contributed by atoms with Crippen LogP contribution in [0.1, 0.15) is 29.8 Å². The summed E-state index contributed by atoms with van der Waals surface area (Å²) in [7, 11) is 0. The zero-order valence-corrected chi connectivity index (χ0v) is 15.6. The van der Waals surface area contributed by atoms with Gasteiger partial charge in [-0.15, -0.1) is 0 Å². The minimum atomic E-state index is -0.181. The van der Waals surface area contributed by atoms with E-state index in [2.05, 4.69) is 10.6 Å². The molecule has 2 rings (SSSR count). The molecule has 0 unspecified atom stereocenters. The van der Waals surface area contributed by atoms with E-state index in [-0.39, 0.29) is 17.7 Å². The lowest BCUT2D eigenvalue weighted by atomic mass is 10.1. The third-order valence-electron chi connectivity index (χ3n) is 3.65. The van der Waals surface area contributed by atoms with Crippen molar-refractivity contribution in [3.63, 3.8) is 0 Å². The molecule has 0 saturated heterocycles. The van der Waals surface area contributed by atoms with Crippen molar-refractivity contribution < 1.29 is 9.59 Å². The van der Waals surface area contributed by atoms with Gasteiger partial charge in [-0.05, 0) is 42.3 Å². The molecule has 0 atom stereocenters. The summed E-state index contributed by atoms with van der Waals surface area (Å²) in [4.78, 5) is 23.8. The predicted molar refractivity (Wildman–Crippen MR) is 102 cm³/mol. The van der Waals surface area contributed by atoms with Gasteiger partial charge in [-0.1, -0.05) is 49.2 Å². The summed E-state index contributed by atoms with van der Waals surface area (Å²) in [6.45, 7) is 4.09. The molecule has 0 radical (unpaired) electrons. The van der Waals surface area contributed by atoms with Crippen molar-refractivity contribution in [1.82, 2.24) is 5.32 Å². The van der Waals surface area contributed by atoms with Crippen LogP contribution in [0.5, 0.6) is 0 Å². The van der Waals surface area contributed by atoms with Crippen molar-refractivity contribution >= 4 is 40.7 Å². The molecule has 0 spiro atoms. The van der Waals surface area contributed by atoms with E-state index in [9.17, 15) is 9.59 Å². The molecule has 25 heavy (non-hydrogen) atoms. The highest BCUT2D eigenvalue weighted by atomic mass is 35.5. The maximum absolute atomic E-state index is 12.2. The Balaban J connectivity index is 1.88. The average Bonchev–Trinajstić information content (AvgIpc) is 2.59. The van der Waals surface area contributed by atoms with Crippen LogP contribution in [0.4, 0.5) is 5.69 Å². The molecule has 0 heterocycles. The van der Waals surface area contributed by atoms with Crippen LogP contribution in [0.2, 0.25) is 10.0 Å². The zero-order chi connectivity index (χ0) is 18.4. The van der Waals surface area contributed by atoms with Gasteiger partial charge in [0, 0.05) is 23.7 Å². The van der Waals surface area contributed by atoms with Gasteiger partial charge in [0.1, 0.15) is 0 Å². The van der Waals surface area contributed by atoms with Crippen LogP contribution in [-0.4, -0.2) is 18.4 Å². The largest absolute Gasteiger partial charge is 0.352 e. The third kappa shape index (κ3) is 5.48. The third-order valence-corrected chi connectivity index (χ3v) is 4.51. The normalized spacial score (nSPS) is 10.6. The van der Waals surface area contributed by atoms with Crippen LogP contribution in [-0.2, 0) is 11.2 Å². The Morgan fingerprint density at radius 2 is 1.72 bits per heavy atom. The standard InChI is InChI=1S/C19H20Cl2N2O2/c1-12(2)18(24)23-15-8-6-14(7-9-15)19(25)22-11-10-13-4-3-5-16(20)17(13)21/h3-9,12H,10-11H2,1-2H3,(H,22,25)(H,23,24). The topological polar surface area (TPSA) is 58.2 Å². The van der Waals surface area contributed by atoms with Gasteiger partial charge in [-0.2, -0.15) is 0 Å². The van der Waals surface area contributed by atoms with E-state index in [0.717, 1.165) is 5.56 Å². The first-order valence-electron chi connectivity index (χ1n) is 8.00. The quantitative estimate of drug-likeness (QED) is 0.773. The Morgan fingerprint density at radius 1 is 1.04 bits per heavy atom. The van der Waals surface area contributed by atoms with E-state index >= 15 is 0 Å². The summed E-state index contributed by atoms with van der Waals surface area (Å²) in [6, 6.07) is 12.2. The first-order chi connectivity index (χ1) is 11.9. The van der Waals surface area contributed by atoms with Crippen molar-refractivity contribution in [3.05, 3.63) is 63.6 Å². The molecule has 2 aromatic carbocycles. The molecular weight excluding hydrogens is 359 g/mol. The molecule has 0 fully saturated rings. The van der Waals surface area contributed by atoms with Crippen LogP contribution in [0, 0.1) is 5.92 Å². The average molecular weight is 379 g/mol. The minimum absolute atomic E-state index is 0.0596. The van der Waals surface area contributed by atoms with E-state index in [1.54, 1.807) is 30.3 Å². The van der Waals surface area contributed by atoms with Crippen molar-refractivity contribution in [2.24, 2.45) is 5.92 Å². The smallest absolute Gasteiger partial charge is 0.251 e. The molecule has 0 aliphatic rings. The van der Waals surface area contributed by atoms with Gasteiger partial charge in [-0.3, -0.25) is 9.59 Å². The Morgan fingerprint density at radius 3 is 2.36 bits per heavy atom. The minimum Gasteiger partial charge on any atom is -0.352 e. The maximum Gasteiger partial charge on any atom is 0.251 e. The molecule has 6 heteroatoms. The van der Waals surface area contributed by atoms with Gasteiger partial charge in [0.2, 0.25) is 5.91 Å². The van der Waals surface area contributed by atoms with Crippen molar-refractivity contribution in [1.29, 1.82) is 0 Å². The molecule has 0 aliphatic heterocycles. The van der Waals surface area contributed by atoms with Gasteiger partial charge < -0.3 is 10.6 Å². The number of nitrogens with one attached hydrogen (secondary N) is 2. The van der Waals surface area contributed by atoms with Crippen LogP contribution in [0.3, 0.4) is 0 Å². The second kappa shape index (κ2) is 8.88. The van der Waals surface area contributed by atoms with E-state index in [1.165, 1.54) is 0 Å². The fourth-order valence-corrected chi connectivity index (χ4v) is 2.56.